The number of hydrogen-bond acceptors (Lipinski definition) is 6. The van der Waals surface area contributed by atoms with Crippen LogP contribution in [0.2, 0.25) is 0 Å². The maximum atomic E-state index is 12.8. The molecule has 1 fully saturated rings. The van der Waals surface area contributed by atoms with E-state index in [0.29, 0.717) is 12.8 Å². The Morgan fingerprint density at radius 1 is 1.31 bits per heavy atom. The number of furan rings is 1. The first-order valence-corrected chi connectivity index (χ1v) is 9.82. The molecule has 6 heteroatoms. The molecule has 1 aromatic heterocycles. The van der Waals surface area contributed by atoms with Gasteiger partial charge in [-0.25, -0.2) is 0 Å². The van der Waals surface area contributed by atoms with Gasteiger partial charge in [0.25, 0.3) is 0 Å². The molecule has 6 nitrogen and oxygen atoms in total. The van der Waals surface area contributed by atoms with Gasteiger partial charge in [-0.1, -0.05) is 6.92 Å². The average molecular weight is 398 g/mol. The zero-order chi connectivity index (χ0) is 21.1. The number of aliphatic hydroxyl groups is 1. The van der Waals surface area contributed by atoms with Gasteiger partial charge in [0, 0.05) is 23.6 Å². The van der Waals surface area contributed by atoms with Crippen LogP contribution in [0.5, 0.6) is 0 Å². The summed E-state index contributed by atoms with van der Waals surface area (Å²) < 4.78 is 16.5. The van der Waals surface area contributed by atoms with Crippen molar-refractivity contribution in [2.45, 2.75) is 52.1 Å². The van der Waals surface area contributed by atoms with E-state index in [2.05, 4.69) is 0 Å². The summed E-state index contributed by atoms with van der Waals surface area (Å²) in [4.78, 5) is 24.7. The van der Waals surface area contributed by atoms with E-state index in [1.807, 2.05) is 32.9 Å². The Balaban J connectivity index is 2.03. The summed E-state index contributed by atoms with van der Waals surface area (Å²) >= 11 is 0. The number of hydrogen-bond donors (Lipinski definition) is 1. The molecule has 0 amide bonds. The summed E-state index contributed by atoms with van der Waals surface area (Å²) in [7, 11) is 1.36. The number of benzene rings is 1. The third-order valence-corrected chi connectivity index (χ3v) is 7.03. The highest BCUT2D eigenvalue weighted by molar-refractivity contribution is 5.88. The van der Waals surface area contributed by atoms with Crippen molar-refractivity contribution in [2.75, 3.05) is 7.11 Å². The first-order valence-electron chi connectivity index (χ1n) is 9.82. The monoisotopic (exact) mass is 398 g/mol. The molecule has 0 radical (unpaired) electrons. The second kappa shape index (κ2) is 6.37. The van der Waals surface area contributed by atoms with Crippen LogP contribution in [0.15, 0.2) is 28.6 Å². The van der Waals surface area contributed by atoms with E-state index < -0.39 is 22.9 Å². The summed E-state index contributed by atoms with van der Waals surface area (Å²) in [6.07, 6.45) is 3.80. The number of allylic oxidation sites excluding steroid dienone is 1. The topological polar surface area (TPSA) is 86.0 Å². The van der Waals surface area contributed by atoms with E-state index >= 15 is 0 Å². The van der Waals surface area contributed by atoms with Crippen LogP contribution >= 0.6 is 0 Å². The molecule has 2 aliphatic rings. The lowest BCUT2D eigenvalue weighted by Gasteiger charge is -2.55. The number of fused-ring (bicyclic) bond motifs is 4. The number of esters is 2. The molecule has 2 aromatic rings. The molecule has 1 aromatic carbocycles. The number of aliphatic hydroxyl groups excluding tert-OH is 1. The van der Waals surface area contributed by atoms with Gasteiger partial charge in [-0.2, -0.15) is 0 Å². The van der Waals surface area contributed by atoms with Crippen LogP contribution in [-0.2, 0) is 24.5 Å². The van der Waals surface area contributed by atoms with Crippen molar-refractivity contribution in [3.63, 3.8) is 0 Å². The van der Waals surface area contributed by atoms with E-state index in [9.17, 15) is 14.7 Å². The van der Waals surface area contributed by atoms with Crippen molar-refractivity contribution in [1.29, 1.82) is 0 Å². The fraction of sp³-hybridized carbons (Fsp3) is 0.478. The smallest absolute Gasteiger partial charge is 0.312 e. The summed E-state index contributed by atoms with van der Waals surface area (Å²) in [5.74, 6) is -1.26. The highest BCUT2D eigenvalue weighted by Gasteiger charge is 2.62. The molecular formula is C23H26O6. The van der Waals surface area contributed by atoms with Crippen molar-refractivity contribution in [2.24, 2.45) is 11.3 Å². The fourth-order valence-corrected chi connectivity index (χ4v) is 5.68. The van der Waals surface area contributed by atoms with Crippen molar-refractivity contribution in [1.82, 2.24) is 0 Å². The molecular weight excluding hydrogens is 372 g/mol. The Bertz CT molecular complexity index is 1050. The van der Waals surface area contributed by atoms with Crippen molar-refractivity contribution >= 4 is 29.0 Å². The average Bonchev–Trinajstić information content (AvgIpc) is 3.13. The van der Waals surface area contributed by atoms with E-state index in [1.54, 1.807) is 12.3 Å². The molecule has 2 aliphatic carbocycles. The normalized spacial score (nSPS) is 30.9. The molecule has 0 saturated heterocycles. The molecule has 154 valence electrons. The highest BCUT2D eigenvalue weighted by atomic mass is 16.5. The Hall–Kier alpha value is -2.76. The van der Waals surface area contributed by atoms with Crippen LogP contribution in [0.4, 0.5) is 0 Å². The van der Waals surface area contributed by atoms with E-state index in [0.717, 1.165) is 27.7 Å². The van der Waals surface area contributed by atoms with Crippen LogP contribution in [0.1, 0.15) is 50.3 Å². The maximum absolute atomic E-state index is 12.8. The van der Waals surface area contributed by atoms with Crippen LogP contribution in [-0.4, -0.2) is 30.3 Å². The lowest BCUT2D eigenvalue weighted by atomic mass is 9.49. The number of aryl methyl sites for hydroxylation is 1. The number of rotatable bonds is 2. The van der Waals surface area contributed by atoms with Gasteiger partial charge in [-0.05, 0) is 61.6 Å². The van der Waals surface area contributed by atoms with Gasteiger partial charge in [-0.3, -0.25) is 9.59 Å². The highest BCUT2D eigenvalue weighted by Crippen LogP contribution is 2.60. The van der Waals surface area contributed by atoms with Gasteiger partial charge in [0.2, 0.25) is 0 Å². The van der Waals surface area contributed by atoms with Gasteiger partial charge < -0.3 is 19.0 Å². The van der Waals surface area contributed by atoms with Crippen LogP contribution in [0.25, 0.3) is 17.0 Å². The molecule has 29 heavy (non-hydrogen) atoms. The molecule has 0 spiro atoms. The van der Waals surface area contributed by atoms with E-state index in [-0.39, 0.29) is 17.7 Å². The lowest BCUT2D eigenvalue weighted by molar-refractivity contribution is -0.172. The Labute approximate surface area is 169 Å². The molecule has 0 unspecified atom stereocenters. The molecule has 1 heterocycles. The number of ether oxygens (including phenoxy) is 2. The summed E-state index contributed by atoms with van der Waals surface area (Å²) in [6.45, 7) is 7.14. The van der Waals surface area contributed by atoms with E-state index in [1.165, 1.54) is 14.0 Å². The fourth-order valence-electron chi connectivity index (χ4n) is 5.68. The van der Waals surface area contributed by atoms with Crippen molar-refractivity contribution < 1.29 is 28.6 Å². The quantitative estimate of drug-likeness (QED) is 0.753. The maximum Gasteiger partial charge on any atom is 0.312 e. The van der Waals surface area contributed by atoms with Crippen molar-refractivity contribution in [3.05, 3.63) is 40.8 Å². The number of methoxy groups -OCH3 is 1. The van der Waals surface area contributed by atoms with Crippen LogP contribution in [0, 0.1) is 18.3 Å². The number of carbonyl (C=O) groups is 2. The minimum absolute atomic E-state index is 0.107. The SMILES string of the molecule is COC(=O)[C@]1(C)CC[C@@H](OC(C)=O)[C@]2(C)c3cc4occc4c(C)c3C=C(O)[C@H]21. The van der Waals surface area contributed by atoms with Crippen molar-refractivity contribution in [3.8, 4) is 0 Å². The standard InChI is InChI=1S/C23H26O6/c1-12-14-7-9-28-18(14)11-16-15(12)10-17(25)20-22(3,21(26)27-5)8-6-19(23(16,20)4)29-13(2)24/h7,9-11,19-20,25H,6,8H2,1-5H3/t19-,20+,22-,23+/m1/s1. The lowest BCUT2D eigenvalue weighted by Crippen LogP contribution is -2.59. The Morgan fingerprint density at radius 2 is 2.03 bits per heavy atom. The molecule has 0 aliphatic heterocycles. The summed E-state index contributed by atoms with van der Waals surface area (Å²) in [5.41, 5.74) is 1.70. The zero-order valence-corrected chi connectivity index (χ0v) is 17.4. The third kappa shape index (κ3) is 2.54. The Kier molecular flexibility index (Phi) is 4.30. The van der Waals surface area contributed by atoms with Crippen LogP contribution in [0.3, 0.4) is 0 Å². The Morgan fingerprint density at radius 3 is 2.69 bits per heavy atom. The molecule has 1 saturated carbocycles. The van der Waals surface area contributed by atoms with Gasteiger partial charge in [-0.15, -0.1) is 0 Å². The number of carbonyl (C=O) groups excluding carboxylic acids is 2. The predicted octanol–water partition coefficient (Wildman–Crippen LogP) is 4.43. The minimum Gasteiger partial charge on any atom is -0.512 e. The molecule has 1 N–H and O–H groups in total. The van der Waals surface area contributed by atoms with Gasteiger partial charge in [0.1, 0.15) is 11.7 Å². The second-order valence-electron chi connectivity index (χ2n) is 8.63. The van der Waals surface area contributed by atoms with Crippen LogP contribution < -0.4 is 0 Å². The van der Waals surface area contributed by atoms with E-state index in [4.69, 9.17) is 13.9 Å². The molecule has 4 atom stereocenters. The third-order valence-electron chi connectivity index (χ3n) is 7.03. The second-order valence-corrected chi connectivity index (χ2v) is 8.63. The molecule has 4 rings (SSSR count). The summed E-state index contributed by atoms with van der Waals surface area (Å²) in [6, 6.07) is 3.85. The van der Waals surface area contributed by atoms with Gasteiger partial charge >= 0.3 is 11.9 Å². The first kappa shape index (κ1) is 19.6. The zero-order valence-electron chi connectivity index (χ0n) is 17.4. The molecule has 0 bridgehead atoms. The van der Waals surface area contributed by atoms with Gasteiger partial charge in [0.05, 0.1) is 24.5 Å². The largest absolute Gasteiger partial charge is 0.512 e. The van der Waals surface area contributed by atoms with Gasteiger partial charge in [0.15, 0.2) is 0 Å². The minimum atomic E-state index is -0.954. The predicted molar refractivity (Wildman–Crippen MR) is 107 cm³/mol. The first-order chi connectivity index (χ1) is 13.6. The summed E-state index contributed by atoms with van der Waals surface area (Å²) in [5, 5.41) is 12.1.